The van der Waals surface area contributed by atoms with E-state index in [1.54, 1.807) is 24.3 Å². The Hall–Kier alpha value is -4.22. The third-order valence-corrected chi connectivity index (χ3v) is 4.30. The average Bonchev–Trinajstić information content (AvgIpc) is 3.43. The van der Waals surface area contributed by atoms with Gasteiger partial charge in [-0.1, -0.05) is 0 Å². The van der Waals surface area contributed by atoms with Gasteiger partial charge in [-0.05, 0) is 0 Å². The van der Waals surface area contributed by atoms with Crippen molar-refractivity contribution in [1.29, 1.82) is 0 Å². The van der Waals surface area contributed by atoms with Crippen LogP contribution in [-0.2, 0) is 19.1 Å². The molecule has 0 atom stereocenters. The standard InChI is InChI=1S/2C11H13NO5/c2*1-7(13)14-2-3-15-9-5-11-10(4-8(9)12)16-6-17-11/h2*4-5H,2-3,6,12H2,1H3. The minimum atomic E-state index is -0.341. The lowest BCUT2D eigenvalue weighted by Crippen LogP contribution is -2.10. The number of nitrogens with two attached hydrogens (primary N) is 2. The smallest absolute Gasteiger partial charge is 0.302 e. The number of esters is 2. The molecule has 0 spiro atoms. The van der Waals surface area contributed by atoms with E-state index in [4.69, 9.17) is 49.4 Å². The Bertz CT molecular complexity index is 946. The van der Waals surface area contributed by atoms with Gasteiger partial charge in [0.2, 0.25) is 13.6 Å². The summed E-state index contributed by atoms with van der Waals surface area (Å²) in [5, 5.41) is 0. The van der Waals surface area contributed by atoms with Crippen LogP contribution in [0.25, 0.3) is 0 Å². The van der Waals surface area contributed by atoms with Gasteiger partial charge in [-0.25, -0.2) is 0 Å². The second-order valence-corrected chi connectivity index (χ2v) is 6.86. The molecule has 0 bridgehead atoms. The maximum absolute atomic E-state index is 10.5. The molecule has 12 nitrogen and oxygen atoms in total. The van der Waals surface area contributed by atoms with E-state index in [0.717, 1.165) is 0 Å². The summed E-state index contributed by atoms with van der Waals surface area (Å²) < 4.78 is 40.9. The number of rotatable bonds is 8. The van der Waals surface area contributed by atoms with Gasteiger partial charge >= 0.3 is 11.9 Å². The molecule has 34 heavy (non-hydrogen) atoms. The van der Waals surface area contributed by atoms with Crippen LogP contribution in [0.2, 0.25) is 0 Å². The zero-order valence-electron chi connectivity index (χ0n) is 18.8. The van der Waals surface area contributed by atoms with Crippen molar-refractivity contribution >= 4 is 23.3 Å². The molecule has 12 heteroatoms. The van der Waals surface area contributed by atoms with Crippen molar-refractivity contribution in [1.82, 2.24) is 0 Å². The number of nitrogen functional groups attached to an aromatic ring is 2. The Balaban J connectivity index is 0.000000191. The maximum Gasteiger partial charge on any atom is 0.302 e. The normalized spacial score (nSPS) is 12.3. The number of carbonyl (C=O) groups is 2. The van der Waals surface area contributed by atoms with E-state index < -0.39 is 0 Å². The zero-order valence-corrected chi connectivity index (χ0v) is 18.8. The van der Waals surface area contributed by atoms with Crippen molar-refractivity contribution in [2.24, 2.45) is 0 Å². The highest BCUT2D eigenvalue weighted by Crippen LogP contribution is 2.40. The molecule has 0 unspecified atom stereocenters. The van der Waals surface area contributed by atoms with Gasteiger partial charge in [0.15, 0.2) is 23.0 Å². The number of ether oxygens (including phenoxy) is 8. The molecule has 2 aromatic rings. The third kappa shape index (κ3) is 6.89. The van der Waals surface area contributed by atoms with E-state index in [-0.39, 0.29) is 52.0 Å². The predicted molar refractivity (Wildman–Crippen MR) is 118 cm³/mol. The number of fused-ring (bicyclic) bond motifs is 2. The molecule has 0 fully saturated rings. The fourth-order valence-corrected chi connectivity index (χ4v) is 2.80. The Labute approximate surface area is 195 Å². The van der Waals surface area contributed by atoms with E-state index in [0.29, 0.717) is 45.9 Å². The van der Waals surface area contributed by atoms with Gasteiger partial charge in [0, 0.05) is 38.1 Å². The lowest BCUT2D eigenvalue weighted by Gasteiger charge is -2.09. The largest absolute Gasteiger partial charge is 0.488 e. The first-order valence-electron chi connectivity index (χ1n) is 10.2. The molecule has 2 aliphatic heterocycles. The van der Waals surface area contributed by atoms with Gasteiger partial charge in [0.1, 0.15) is 37.9 Å². The average molecular weight is 478 g/mol. The first kappa shape index (κ1) is 24.4. The van der Waals surface area contributed by atoms with Gasteiger partial charge < -0.3 is 49.4 Å². The number of hydrogen-bond acceptors (Lipinski definition) is 12. The van der Waals surface area contributed by atoms with Crippen LogP contribution in [0.5, 0.6) is 34.5 Å². The highest BCUT2D eigenvalue weighted by Gasteiger charge is 2.17. The minimum absolute atomic E-state index is 0.184. The van der Waals surface area contributed by atoms with Crippen LogP contribution >= 0.6 is 0 Å². The molecule has 2 heterocycles. The molecule has 2 aromatic carbocycles. The summed E-state index contributed by atoms with van der Waals surface area (Å²) in [5.41, 5.74) is 12.4. The molecule has 0 saturated carbocycles. The molecule has 2 aliphatic rings. The van der Waals surface area contributed by atoms with Crippen molar-refractivity contribution in [3.63, 3.8) is 0 Å². The highest BCUT2D eigenvalue weighted by atomic mass is 16.7. The summed E-state index contributed by atoms with van der Waals surface area (Å²) >= 11 is 0. The molecule has 0 saturated heterocycles. The first-order chi connectivity index (χ1) is 16.3. The van der Waals surface area contributed by atoms with E-state index in [2.05, 4.69) is 0 Å². The van der Waals surface area contributed by atoms with Gasteiger partial charge in [-0.3, -0.25) is 9.59 Å². The number of hydrogen-bond donors (Lipinski definition) is 2. The fraction of sp³-hybridized carbons (Fsp3) is 0.364. The van der Waals surface area contributed by atoms with Crippen LogP contribution in [0.15, 0.2) is 24.3 Å². The van der Waals surface area contributed by atoms with E-state index in [1.165, 1.54) is 13.8 Å². The Morgan fingerprint density at radius 2 is 1.03 bits per heavy atom. The van der Waals surface area contributed by atoms with Crippen LogP contribution in [0.3, 0.4) is 0 Å². The summed E-state index contributed by atoms with van der Waals surface area (Å²) in [7, 11) is 0. The van der Waals surface area contributed by atoms with Gasteiger partial charge in [0.25, 0.3) is 0 Å². The SMILES string of the molecule is CC(=O)OCCOc1cc2c(cc1N)OCO2.CC(=O)OCCOc1cc2c(cc1N)OCO2. The Kier molecular flexibility index (Phi) is 8.32. The second-order valence-electron chi connectivity index (χ2n) is 6.86. The van der Waals surface area contributed by atoms with Crippen LogP contribution in [0, 0.1) is 0 Å². The monoisotopic (exact) mass is 478 g/mol. The van der Waals surface area contributed by atoms with Crippen LogP contribution in [-0.4, -0.2) is 52.0 Å². The van der Waals surface area contributed by atoms with Crippen molar-refractivity contribution in [3.05, 3.63) is 24.3 Å². The number of anilines is 2. The van der Waals surface area contributed by atoms with Crippen molar-refractivity contribution in [3.8, 4) is 34.5 Å². The molecule has 0 amide bonds. The highest BCUT2D eigenvalue weighted by molar-refractivity contribution is 5.66. The van der Waals surface area contributed by atoms with Gasteiger partial charge in [-0.2, -0.15) is 0 Å². The van der Waals surface area contributed by atoms with Crippen molar-refractivity contribution in [2.45, 2.75) is 13.8 Å². The maximum atomic E-state index is 10.5. The van der Waals surface area contributed by atoms with Crippen molar-refractivity contribution in [2.75, 3.05) is 51.5 Å². The Morgan fingerprint density at radius 1 is 0.676 bits per heavy atom. The zero-order chi connectivity index (χ0) is 24.5. The first-order valence-corrected chi connectivity index (χ1v) is 10.2. The summed E-state index contributed by atoms with van der Waals surface area (Å²) in [5.74, 6) is 2.70. The molecule has 4 N–H and O–H groups in total. The van der Waals surface area contributed by atoms with E-state index in [9.17, 15) is 9.59 Å². The lowest BCUT2D eigenvalue weighted by molar-refractivity contribution is -0.142. The van der Waals surface area contributed by atoms with Crippen LogP contribution in [0.1, 0.15) is 13.8 Å². The minimum Gasteiger partial charge on any atom is -0.488 e. The molecular weight excluding hydrogens is 452 g/mol. The molecule has 4 rings (SSSR count). The van der Waals surface area contributed by atoms with Gasteiger partial charge in [0.05, 0.1) is 11.4 Å². The summed E-state index contributed by atoms with van der Waals surface area (Å²) in [6.45, 7) is 3.90. The number of carbonyl (C=O) groups excluding carboxylic acids is 2. The van der Waals surface area contributed by atoms with Crippen LogP contribution in [0.4, 0.5) is 11.4 Å². The topological polar surface area (TPSA) is 160 Å². The molecule has 0 radical (unpaired) electrons. The fourth-order valence-electron chi connectivity index (χ4n) is 2.80. The molecule has 0 aliphatic carbocycles. The number of benzene rings is 2. The van der Waals surface area contributed by atoms with E-state index >= 15 is 0 Å². The second kappa shape index (κ2) is 11.6. The van der Waals surface area contributed by atoms with Crippen molar-refractivity contribution < 1.29 is 47.5 Å². The lowest BCUT2D eigenvalue weighted by atomic mass is 10.2. The molecule has 184 valence electrons. The predicted octanol–water partition coefficient (Wildman–Crippen LogP) is 1.88. The summed E-state index contributed by atoms with van der Waals surface area (Å²) in [6.07, 6.45) is 0. The molecule has 0 aromatic heterocycles. The Morgan fingerprint density at radius 3 is 1.38 bits per heavy atom. The summed E-state index contributed by atoms with van der Waals surface area (Å²) in [6, 6.07) is 6.60. The molecular formula is C22H26N2O10. The summed E-state index contributed by atoms with van der Waals surface area (Å²) in [4.78, 5) is 21.1. The third-order valence-electron chi connectivity index (χ3n) is 4.30. The quantitative estimate of drug-likeness (QED) is 0.322. The van der Waals surface area contributed by atoms with E-state index in [1.807, 2.05) is 0 Å². The van der Waals surface area contributed by atoms with Gasteiger partial charge in [-0.15, -0.1) is 0 Å². The van der Waals surface area contributed by atoms with Crippen LogP contribution < -0.4 is 39.9 Å².